The van der Waals surface area contributed by atoms with Crippen molar-refractivity contribution in [2.45, 2.75) is 45.3 Å². The predicted molar refractivity (Wildman–Crippen MR) is 85.4 cm³/mol. The van der Waals surface area contributed by atoms with Gasteiger partial charge in [0.25, 0.3) is 5.91 Å². The first kappa shape index (κ1) is 15.3. The molecule has 4 heterocycles. The van der Waals surface area contributed by atoms with E-state index in [1.165, 1.54) is 0 Å². The molecule has 0 unspecified atom stereocenters. The normalized spacial score (nSPS) is 23.5. The second-order valence-electron chi connectivity index (χ2n) is 6.83. The maximum absolute atomic E-state index is 12.8. The standard InChI is InChI=1S/C16H22N6O2/c1-10-6-12(18-17-10)7-11-8-21(9-13(11)23)16(24)15-20-19-14-4-2-3-5-22(14)15/h6,11,13,23H,2-5,7-9H2,1H3,(H,17,18)/t11-,13-/m1/s1. The zero-order valence-electron chi connectivity index (χ0n) is 13.8. The largest absolute Gasteiger partial charge is 0.391 e. The number of nitrogens with zero attached hydrogens (tertiary/aromatic N) is 5. The van der Waals surface area contributed by atoms with Crippen molar-refractivity contribution in [2.24, 2.45) is 5.92 Å². The number of carbonyl (C=O) groups is 1. The fraction of sp³-hybridized carbons (Fsp3) is 0.625. The van der Waals surface area contributed by atoms with Gasteiger partial charge in [0, 0.05) is 37.7 Å². The first-order valence-corrected chi connectivity index (χ1v) is 8.52. The number of fused-ring (bicyclic) bond motifs is 1. The highest BCUT2D eigenvalue weighted by molar-refractivity contribution is 5.91. The molecule has 2 aromatic heterocycles. The molecular formula is C16H22N6O2. The van der Waals surface area contributed by atoms with Crippen LogP contribution < -0.4 is 0 Å². The van der Waals surface area contributed by atoms with Gasteiger partial charge in [0.05, 0.1) is 11.8 Å². The molecule has 4 rings (SSSR count). The number of aliphatic hydroxyl groups is 1. The first-order chi connectivity index (χ1) is 11.6. The Bertz CT molecular complexity index is 752. The van der Waals surface area contributed by atoms with Gasteiger partial charge in [-0.25, -0.2) is 0 Å². The number of hydrogen-bond donors (Lipinski definition) is 2. The van der Waals surface area contributed by atoms with Crippen molar-refractivity contribution in [3.05, 3.63) is 29.1 Å². The van der Waals surface area contributed by atoms with Gasteiger partial charge >= 0.3 is 0 Å². The van der Waals surface area contributed by atoms with Gasteiger partial charge in [0.1, 0.15) is 5.82 Å². The van der Waals surface area contributed by atoms with Crippen LogP contribution in [-0.4, -0.2) is 60.1 Å². The molecule has 24 heavy (non-hydrogen) atoms. The number of hydrogen-bond acceptors (Lipinski definition) is 5. The summed E-state index contributed by atoms with van der Waals surface area (Å²) in [5.74, 6) is 1.18. The number of aryl methyl sites for hydroxylation is 2. The Morgan fingerprint density at radius 3 is 3.04 bits per heavy atom. The summed E-state index contributed by atoms with van der Waals surface area (Å²) < 4.78 is 1.93. The van der Waals surface area contributed by atoms with E-state index in [0.717, 1.165) is 43.0 Å². The van der Waals surface area contributed by atoms with Crippen LogP contribution in [0.15, 0.2) is 6.07 Å². The molecule has 0 aromatic carbocycles. The number of aromatic amines is 1. The van der Waals surface area contributed by atoms with Gasteiger partial charge in [-0.05, 0) is 32.3 Å². The predicted octanol–water partition coefficient (Wildman–Crippen LogP) is 0.322. The second kappa shape index (κ2) is 6.01. The molecule has 2 aliphatic heterocycles. The van der Waals surface area contributed by atoms with Gasteiger partial charge in [-0.3, -0.25) is 9.89 Å². The smallest absolute Gasteiger partial charge is 0.291 e. The Hall–Kier alpha value is -2.22. The first-order valence-electron chi connectivity index (χ1n) is 8.52. The third-order valence-corrected chi connectivity index (χ3v) is 4.97. The summed E-state index contributed by atoms with van der Waals surface area (Å²) in [7, 11) is 0. The maximum atomic E-state index is 12.8. The van der Waals surface area contributed by atoms with E-state index in [2.05, 4.69) is 20.4 Å². The van der Waals surface area contributed by atoms with E-state index < -0.39 is 6.10 Å². The molecule has 8 nitrogen and oxygen atoms in total. The van der Waals surface area contributed by atoms with E-state index in [9.17, 15) is 9.90 Å². The minimum Gasteiger partial charge on any atom is -0.391 e. The summed E-state index contributed by atoms with van der Waals surface area (Å²) in [5.41, 5.74) is 1.92. The molecule has 1 saturated heterocycles. The molecule has 2 aromatic rings. The molecule has 1 amide bonds. The van der Waals surface area contributed by atoms with E-state index in [1.807, 2.05) is 17.6 Å². The lowest BCUT2D eigenvalue weighted by molar-refractivity contribution is 0.0746. The Morgan fingerprint density at radius 1 is 1.38 bits per heavy atom. The zero-order valence-corrected chi connectivity index (χ0v) is 13.8. The van der Waals surface area contributed by atoms with Crippen molar-refractivity contribution >= 4 is 5.91 Å². The van der Waals surface area contributed by atoms with E-state index in [1.54, 1.807) is 4.90 Å². The molecular weight excluding hydrogens is 308 g/mol. The Morgan fingerprint density at radius 2 is 2.25 bits per heavy atom. The number of likely N-dealkylation sites (tertiary alicyclic amines) is 1. The average Bonchev–Trinajstić information content (AvgIpc) is 3.27. The third-order valence-electron chi connectivity index (χ3n) is 4.97. The molecule has 0 bridgehead atoms. The van der Waals surface area contributed by atoms with E-state index in [0.29, 0.717) is 25.3 Å². The van der Waals surface area contributed by atoms with Crippen LogP contribution >= 0.6 is 0 Å². The van der Waals surface area contributed by atoms with Gasteiger partial charge < -0.3 is 14.6 Å². The Labute approximate surface area is 139 Å². The quantitative estimate of drug-likeness (QED) is 0.844. The van der Waals surface area contributed by atoms with Gasteiger partial charge in [0.15, 0.2) is 0 Å². The van der Waals surface area contributed by atoms with Crippen LogP contribution in [0.1, 0.15) is 40.7 Å². The van der Waals surface area contributed by atoms with Crippen LogP contribution in [0, 0.1) is 12.8 Å². The lowest BCUT2D eigenvalue weighted by atomic mass is 10.0. The van der Waals surface area contributed by atoms with E-state index in [4.69, 9.17) is 0 Å². The molecule has 2 aliphatic rings. The van der Waals surface area contributed by atoms with Crippen molar-refractivity contribution < 1.29 is 9.90 Å². The van der Waals surface area contributed by atoms with Crippen molar-refractivity contribution in [3.63, 3.8) is 0 Å². The summed E-state index contributed by atoms with van der Waals surface area (Å²) in [6, 6.07) is 1.98. The Balaban J connectivity index is 1.47. The van der Waals surface area contributed by atoms with Crippen LogP contribution in [0.3, 0.4) is 0 Å². The number of nitrogens with one attached hydrogen (secondary N) is 1. The van der Waals surface area contributed by atoms with Crippen LogP contribution in [0.4, 0.5) is 0 Å². The molecule has 1 fully saturated rings. The highest BCUT2D eigenvalue weighted by Gasteiger charge is 2.36. The SMILES string of the molecule is Cc1cc(C[C@@H]2CN(C(=O)c3nnc4n3CCCC4)C[C@H]2O)n[nH]1. The number of carbonyl (C=O) groups excluding carboxylic acids is 1. The summed E-state index contributed by atoms with van der Waals surface area (Å²) in [6.45, 7) is 3.62. The summed E-state index contributed by atoms with van der Waals surface area (Å²) in [6.07, 6.45) is 3.15. The topological polar surface area (TPSA) is 99.9 Å². The van der Waals surface area contributed by atoms with Crippen molar-refractivity contribution in [2.75, 3.05) is 13.1 Å². The van der Waals surface area contributed by atoms with Crippen LogP contribution in [0.2, 0.25) is 0 Å². The molecule has 2 atom stereocenters. The van der Waals surface area contributed by atoms with Gasteiger partial charge in [0.2, 0.25) is 5.82 Å². The lowest BCUT2D eigenvalue weighted by Crippen LogP contribution is -2.32. The fourth-order valence-corrected chi connectivity index (χ4v) is 3.68. The third kappa shape index (κ3) is 2.71. The number of amides is 1. The zero-order chi connectivity index (χ0) is 16.7. The van der Waals surface area contributed by atoms with Crippen LogP contribution in [0.25, 0.3) is 0 Å². The number of H-pyrrole nitrogens is 1. The highest BCUT2D eigenvalue weighted by Crippen LogP contribution is 2.23. The van der Waals surface area contributed by atoms with Gasteiger partial charge in [-0.2, -0.15) is 5.10 Å². The maximum Gasteiger partial charge on any atom is 0.291 e. The van der Waals surface area contributed by atoms with Gasteiger partial charge in [-0.1, -0.05) is 0 Å². The lowest BCUT2D eigenvalue weighted by Gasteiger charge is -2.18. The number of β-amino-alcohol motifs (C(OH)–C–C–N with tert-alkyl or cyclic N) is 1. The van der Waals surface area contributed by atoms with Gasteiger partial charge in [-0.15, -0.1) is 10.2 Å². The summed E-state index contributed by atoms with van der Waals surface area (Å²) in [5, 5.41) is 25.7. The molecule has 128 valence electrons. The number of aromatic nitrogens is 5. The summed E-state index contributed by atoms with van der Waals surface area (Å²) in [4.78, 5) is 14.5. The van der Waals surface area contributed by atoms with Crippen LogP contribution in [-0.2, 0) is 19.4 Å². The van der Waals surface area contributed by atoms with Crippen molar-refractivity contribution in [1.82, 2.24) is 29.9 Å². The average molecular weight is 330 g/mol. The minimum atomic E-state index is -0.533. The fourth-order valence-electron chi connectivity index (χ4n) is 3.68. The minimum absolute atomic E-state index is 0.000368. The molecule has 0 saturated carbocycles. The van der Waals surface area contributed by atoms with Crippen LogP contribution in [0.5, 0.6) is 0 Å². The monoisotopic (exact) mass is 330 g/mol. The molecule has 2 N–H and O–H groups in total. The van der Waals surface area contributed by atoms with Crippen molar-refractivity contribution in [1.29, 1.82) is 0 Å². The highest BCUT2D eigenvalue weighted by atomic mass is 16.3. The number of rotatable bonds is 3. The molecule has 0 aliphatic carbocycles. The summed E-state index contributed by atoms with van der Waals surface area (Å²) >= 11 is 0. The molecule has 0 spiro atoms. The Kier molecular flexibility index (Phi) is 3.84. The molecule has 0 radical (unpaired) electrons. The van der Waals surface area contributed by atoms with Crippen molar-refractivity contribution in [3.8, 4) is 0 Å². The number of aliphatic hydroxyl groups excluding tert-OH is 1. The molecule has 8 heteroatoms. The van der Waals surface area contributed by atoms with E-state index in [-0.39, 0.29) is 11.8 Å². The second-order valence-corrected chi connectivity index (χ2v) is 6.83. The van der Waals surface area contributed by atoms with E-state index >= 15 is 0 Å².